The average Bonchev–Trinajstić information content (AvgIpc) is 3.10. The first kappa shape index (κ1) is 20.0. The zero-order chi connectivity index (χ0) is 20.1. The van der Waals surface area contributed by atoms with E-state index in [1.54, 1.807) is 19.1 Å². The van der Waals surface area contributed by atoms with E-state index in [2.05, 4.69) is 4.98 Å². The van der Waals surface area contributed by atoms with E-state index < -0.39 is 5.97 Å². The van der Waals surface area contributed by atoms with E-state index in [-0.39, 0.29) is 19.0 Å². The Labute approximate surface area is 172 Å². The molecule has 28 heavy (non-hydrogen) atoms. The molecule has 3 aromatic rings. The van der Waals surface area contributed by atoms with Crippen molar-refractivity contribution in [1.82, 2.24) is 9.88 Å². The molecular formula is C21H19ClN2O3S. The molecule has 0 aliphatic carbocycles. The summed E-state index contributed by atoms with van der Waals surface area (Å²) in [6, 6.07) is 16.9. The highest BCUT2D eigenvalue weighted by molar-refractivity contribution is 7.17. The molecule has 1 aromatic heterocycles. The highest BCUT2D eigenvalue weighted by Gasteiger charge is 2.24. The van der Waals surface area contributed by atoms with Gasteiger partial charge in [0.1, 0.15) is 16.4 Å². The molecule has 0 unspecified atom stereocenters. The maximum atomic E-state index is 13.2. The summed E-state index contributed by atoms with van der Waals surface area (Å²) in [4.78, 5) is 31.6. The van der Waals surface area contributed by atoms with Crippen molar-refractivity contribution in [3.63, 3.8) is 0 Å². The van der Waals surface area contributed by atoms with Crippen molar-refractivity contribution in [2.24, 2.45) is 0 Å². The third-order valence-electron chi connectivity index (χ3n) is 4.13. The first-order valence-electron chi connectivity index (χ1n) is 8.61. The van der Waals surface area contributed by atoms with Crippen LogP contribution in [0.5, 0.6) is 0 Å². The second-order valence-corrected chi connectivity index (χ2v) is 7.60. The van der Waals surface area contributed by atoms with Gasteiger partial charge in [-0.1, -0.05) is 54.1 Å². The molecule has 0 N–H and O–H groups in total. The van der Waals surface area contributed by atoms with Crippen molar-refractivity contribution in [2.75, 3.05) is 13.7 Å². The number of rotatable bonds is 6. The number of nitrogens with zero attached hydrogens (tertiary/aromatic N) is 2. The van der Waals surface area contributed by atoms with Gasteiger partial charge < -0.3 is 9.64 Å². The quantitative estimate of drug-likeness (QED) is 0.553. The summed E-state index contributed by atoms with van der Waals surface area (Å²) in [5.74, 6) is -0.731. The Bertz CT molecular complexity index is 971. The molecule has 0 fully saturated rings. The Morgan fingerprint density at radius 1 is 1.11 bits per heavy atom. The van der Waals surface area contributed by atoms with Crippen LogP contribution in [-0.2, 0) is 16.1 Å². The summed E-state index contributed by atoms with van der Waals surface area (Å²) in [6.45, 7) is 1.92. The van der Waals surface area contributed by atoms with E-state index in [1.165, 1.54) is 23.3 Å². The van der Waals surface area contributed by atoms with Crippen molar-refractivity contribution in [2.45, 2.75) is 13.5 Å². The topological polar surface area (TPSA) is 59.5 Å². The number of aromatic nitrogens is 1. The minimum Gasteiger partial charge on any atom is -0.468 e. The molecule has 0 aliphatic heterocycles. The highest BCUT2D eigenvalue weighted by atomic mass is 35.5. The van der Waals surface area contributed by atoms with Crippen LogP contribution in [0.4, 0.5) is 0 Å². The third kappa shape index (κ3) is 4.77. The molecule has 5 nitrogen and oxygen atoms in total. The smallest absolute Gasteiger partial charge is 0.325 e. The van der Waals surface area contributed by atoms with Crippen molar-refractivity contribution >= 4 is 34.8 Å². The van der Waals surface area contributed by atoms with E-state index in [1.807, 2.05) is 42.5 Å². The predicted octanol–water partition coefficient (Wildman–Crippen LogP) is 4.59. The van der Waals surface area contributed by atoms with Crippen LogP contribution in [0.1, 0.15) is 20.9 Å². The first-order chi connectivity index (χ1) is 13.5. The largest absolute Gasteiger partial charge is 0.468 e. The summed E-state index contributed by atoms with van der Waals surface area (Å²) < 4.78 is 4.76. The Morgan fingerprint density at radius 2 is 1.79 bits per heavy atom. The Balaban J connectivity index is 1.89. The van der Waals surface area contributed by atoms with Crippen LogP contribution in [0, 0.1) is 6.92 Å². The van der Waals surface area contributed by atoms with Gasteiger partial charge in [-0.15, -0.1) is 11.3 Å². The van der Waals surface area contributed by atoms with Crippen molar-refractivity contribution in [3.05, 3.63) is 75.8 Å². The standard InChI is InChI=1S/C21H19ClN2O3S/c1-14-19(28-20(23-14)16-6-4-3-5-7-16)21(26)24(13-18(25)27-2)12-15-8-10-17(22)11-9-15/h3-11H,12-13H2,1-2H3. The van der Waals surface area contributed by atoms with Gasteiger partial charge in [-0.25, -0.2) is 4.98 Å². The van der Waals surface area contributed by atoms with Gasteiger partial charge in [-0.3, -0.25) is 9.59 Å². The van der Waals surface area contributed by atoms with Gasteiger partial charge in [0.15, 0.2) is 0 Å². The van der Waals surface area contributed by atoms with Gasteiger partial charge in [0.2, 0.25) is 0 Å². The van der Waals surface area contributed by atoms with Crippen LogP contribution in [-0.4, -0.2) is 35.4 Å². The molecule has 0 saturated heterocycles. The normalized spacial score (nSPS) is 10.5. The molecule has 1 heterocycles. The SMILES string of the molecule is COC(=O)CN(Cc1ccc(Cl)cc1)C(=O)c1sc(-c2ccccc2)nc1C. The lowest BCUT2D eigenvalue weighted by Gasteiger charge is -2.21. The Kier molecular flexibility index (Phi) is 6.44. The highest BCUT2D eigenvalue weighted by Crippen LogP contribution is 2.29. The minimum absolute atomic E-state index is 0.143. The second-order valence-electron chi connectivity index (χ2n) is 6.16. The van der Waals surface area contributed by atoms with Crippen molar-refractivity contribution < 1.29 is 14.3 Å². The summed E-state index contributed by atoms with van der Waals surface area (Å²) in [6.07, 6.45) is 0. The van der Waals surface area contributed by atoms with Crippen molar-refractivity contribution in [3.8, 4) is 10.6 Å². The fraction of sp³-hybridized carbons (Fsp3) is 0.190. The number of ether oxygens (including phenoxy) is 1. The number of carbonyl (C=O) groups excluding carboxylic acids is 2. The molecule has 0 aliphatic rings. The number of hydrogen-bond acceptors (Lipinski definition) is 5. The van der Waals surface area contributed by atoms with Crippen LogP contribution in [0.15, 0.2) is 54.6 Å². The summed E-state index contributed by atoms with van der Waals surface area (Å²) in [5, 5.41) is 1.38. The zero-order valence-corrected chi connectivity index (χ0v) is 17.1. The van der Waals surface area contributed by atoms with Crippen LogP contribution in [0.2, 0.25) is 5.02 Å². The number of aryl methyl sites for hydroxylation is 1. The summed E-state index contributed by atoms with van der Waals surface area (Å²) in [5.41, 5.74) is 2.46. The van der Waals surface area contributed by atoms with Gasteiger partial charge in [0.05, 0.1) is 12.8 Å². The van der Waals surface area contributed by atoms with Crippen LogP contribution in [0.25, 0.3) is 10.6 Å². The number of benzene rings is 2. The number of esters is 1. The second kappa shape index (κ2) is 8.99. The van der Waals surface area contributed by atoms with E-state index in [0.29, 0.717) is 15.6 Å². The molecule has 1 amide bonds. The molecule has 0 saturated carbocycles. The lowest BCUT2D eigenvalue weighted by molar-refractivity contribution is -0.141. The predicted molar refractivity (Wildman–Crippen MR) is 110 cm³/mol. The number of amides is 1. The minimum atomic E-state index is -0.479. The van der Waals surface area contributed by atoms with E-state index in [9.17, 15) is 9.59 Å². The van der Waals surface area contributed by atoms with Gasteiger partial charge >= 0.3 is 5.97 Å². The summed E-state index contributed by atoms with van der Waals surface area (Å²) in [7, 11) is 1.30. The van der Waals surface area contributed by atoms with Gasteiger partial charge in [-0.2, -0.15) is 0 Å². The maximum Gasteiger partial charge on any atom is 0.325 e. The number of methoxy groups -OCH3 is 1. The molecular weight excluding hydrogens is 396 g/mol. The molecule has 0 bridgehead atoms. The van der Waals surface area contributed by atoms with Crippen LogP contribution >= 0.6 is 22.9 Å². The fourth-order valence-corrected chi connectivity index (χ4v) is 3.84. The number of halogens is 1. The molecule has 7 heteroatoms. The van der Waals surface area contributed by atoms with Crippen molar-refractivity contribution in [1.29, 1.82) is 0 Å². The van der Waals surface area contributed by atoms with Gasteiger partial charge in [0, 0.05) is 17.1 Å². The van der Waals surface area contributed by atoms with Gasteiger partial charge in [-0.05, 0) is 24.6 Å². The average molecular weight is 415 g/mol. The third-order valence-corrected chi connectivity index (χ3v) is 5.58. The first-order valence-corrected chi connectivity index (χ1v) is 9.80. The monoisotopic (exact) mass is 414 g/mol. The van der Waals surface area contributed by atoms with E-state index in [4.69, 9.17) is 16.3 Å². The number of carbonyl (C=O) groups is 2. The lowest BCUT2D eigenvalue weighted by atomic mass is 10.2. The molecule has 0 spiro atoms. The Morgan fingerprint density at radius 3 is 2.43 bits per heavy atom. The fourth-order valence-electron chi connectivity index (χ4n) is 2.67. The Hall–Kier alpha value is -2.70. The van der Waals surface area contributed by atoms with Gasteiger partial charge in [0.25, 0.3) is 5.91 Å². The number of hydrogen-bond donors (Lipinski definition) is 0. The summed E-state index contributed by atoms with van der Waals surface area (Å²) >= 11 is 7.26. The molecule has 0 atom stereocenters. The molecule has 144 valence electrons. The maximum absolute atomic E-state index is 13.2. The lowest BCUT2D eigenvalue weighted by Crippen LogP contribution is -2.35. The zero-order valence-electron chi connectivity index (χ0n) is 15.5. The molecule has 0 radical (unpaired) electrons. The van der Waals surface area contributed by atoms with E-state index >= 15 is 0 Å². The number of thiazole rings is 1. The van der Waals surface area contributed by atoms with Crippen LogP contribution in [0.3, 0.4) is 0 Å². The molecule has 3 rings (SSSR count). The van der Waals surface area contributed by atoms with E-state index in [0.717, 1.165) is 16.1 Å². The molecule has 2 aromatic carbocycles. The van der Waals surface area contributed by atoms with Crippen LogP contribution < -0.4 is 0 Å².